The minimum Gasteiger partial charge on any atom is 0 e. The van der Waals surface area contributed by atoms with E-state index in [1.165, 1.54) is 0 Å². The van der Waals surface area contributed by atoms with Crippen LogP contribution < -0.4 is 0 Å². The smallest absolute Gasteiger partial charge is 0 e. The van der Waals surface area contributed by atoms with E-state index in [0.717, 1.165) is 0 Å². The van der Waals surface area contributed by atoms with E-state index in [1.54, 1.807) is 0 Å². The third-order valence-electron chi connectivity index (χ3n) is 0. The molecule has 20 valence electrons. The summed E-state index contributed by atoms with van der Waals surface area (Å²) in [4.78, 5) is 0. The zero-order valence-electron chi connectivity index (χ0n) is 3.31. The molecular formula is CeLaNdPrScY. The standard InChI is InChI=1S/Ce.La.Nd.Pr.Sc.Y. The third-order valence-corrected chi connectivity index (χ3v) is 0. The van der Waals surface area contributed by atoms with Crippen LogP contribution in [0, 0.1) is 159 Å². The zero-order valence-corrected chi connectivity index (χ0v) is 21.6. The Morgan fingerprint density at radius 2 is 1.00 bits per heavy atom. The fraction of sp³-hybridized carbons (Fsp3) is 0. The molecule has 0 N–H and O–H groups in total. The van der Waals surface area contributed by atoms with Gasteiger partial charge in [0, 0.05) is 218 Å². The number of hydrogen-bond acceptors (Lipinski definition) is 0. The predicted molar refractivity (Wildman–Crippen MR) is 0 cm³/mol. The van der Waals surface area contributed by atoms with Gasteiger partial charge in [0.05, 0.1) is 0 Å². The van der Waals surface area contributed by atoms with Crippen LogP contribution in [-0.4, -0.2) is 0 Å². The van der Waals surface area contributed by atoms with Gasteiger partial charge >= 0.3 is 0 Å². The van der Waals surface area contributed by atoms with Crippen molar-refractivity contribution in [3.8, 4) is 0 Å². The summed E-state index contributed by atoms with van der Waals surface area (Å²) in [6, 6.07) is 0. The molecule has 0 saturated carbocycles. The van der Waals surface area contributed by atoms with E-state index in [1.807, 2.05) is 0 Å². The van der Waals surface area contributed by atoms with Crippen LogP contribution in [-0.2, 0) is 58.6 Å². The molecule has 6 heavy (non-hydrogen) atoms. The second-order valence-electron chi connectivity index (χ2n) is 0. The van der Waals surface area contributed by atoms with Crippen molar-refractivity contribution in [2.75, 3.05) is 0 Å². The van der Waals surface area contributed by atoms with Crippen LogP contribution in [0.3, 0.4) is 0 Å². The minimum atomic E-state index is 0. The Morgan fingerprint density at radius 1 is 1.00 bits per heavy atom. The second-order valence-corrected chi connectivity index (χ2v) is 0. The Morgan fingerprint density at radius 3 is 1.00 bits per heavy atom. The molecule has 0 aliphatic heterocycles. The molecular weight excluding hydrogens is 698 g/mol. The van der Waals surface area contributed by atoms with E-state index >= 15 is 0 Å². The molecule has 0 fully saturated rings. The van der Waals surface area contributed by atoms with Gasteiger partial charge in [-0.05, 0) is 0 Å². The number of rotatable bonds is 0. The van der Waals surface area contributed by atoms with E-state index in [2.05, 4.69) is 0 Å². The van der Waals surface area contributed by atoms with Gasteiger partial charge < -0.3 is 0 Å². The summed E-state index contributed by atoms with van der Waals surface area (Å²) in [6.45, 7) is 0. The van der Waals surface area contributed by atoms with Crippen LogP contribution in [0.4, 0.5) is 0 Å². The minimum absolute atomic E-state index is 0. The van der Waals surface area contributed by atoms with Gasteiger partial charge in [-0.2, -0.15) is 0 Å². The van der Waals surface area contributed by atoms with Gasteiger partial charge in [-0.3, -0.25) is 0 Å². The summed E-state index contributed by atoms with van der Waals surface area (Å²) >= 11 is 0. The molecule has 0 bridgehead atoms. The molecule has 0 amide bonds. The Balaban J connectivity index is 0. The summed E-state index contributed by atoms with van der Waals surface area (Å²) in [6.07, 6.45) is 0. The molecule has 0 aliphatic rings. The van der Waals surface area contributed by atoms with Gasteiger partial charge in [0.25, 0.3) is 0 Å². The monoisotopic (exact) mass is 695 g/mol. The maximum Gasteiger partial charge on any atom is 0 e. The average Bonchev–Trinajstić information content (AvgIpc) is 0. The van der Waals surface area contributed by atoms with Crippen LogP contribution in [0.5, 0.6) is 0 Å². The van der Waals surface area contributed by atoms with Gasteiger partial charge in [0.2, 0.25) is 0 Å². The Bertz CT molecular complexity index is 15.5. The van der Waals surface area contributed by atoms with Crippen molar-refractivity contribution in [3.63, 3.8) is 0 Å². The van der Waals surface area contributed by atoms with E-state index in [9.17, 15) is 0 Å². The number of hydrogen-bond donors (Lipinski definition) is 0. The first-order valence-electron chi connectivity index (χ1n) is 0. The largest absolute Gasteiger partial charge is 0 e. The molecule has 6 heteroatoms. The molecule has 0 saturated heterocycles. The van der Waals surface area contributed by atoms with E-state index in [0.29, 0.717) is 0 Å². The van der Waals surface area contributed by atoms with Gasteiger partial charge in [-0.1, -0.05) is 0 Å². The first kappa shape index (κ1) is 37.8. The van der Waals surface area contributed by atoms with Crippen LogP contribution >= 0.6 is 0 Å². The zero-order chi connectivity index (χ0) is 0. The summed E-state index contributed by atoms with van der Waals surface area (Å²) in [5, 5.41) is 0. The van der Waals surface area contributed by atoms with Crippen molar-refractivity contribution in [2.24, 2.45) is 0 Å². The quantitative estimate of drug-likeness (QED) is 0.335. The Kier molecular flexibility index (Phi) is 186. The summed E-state index contributed by atoms with van der Waals surface area (Å²) in [5.74, 6) is 0. The van der Waals surface area contributed by atoms with Gasteiger partial charge in [0.15, 0.2) is 0 Å². The van der Waals surface area contributed by atoms with Crippen LogP contribution in [0.2, 0.25) is 0 Å². The second kappa shape index (κ2) is 29.5. The van der Waals surface area contributed by atoms with Crippen LogP contribution in [0.1, 0.15) is 0 Å². The Labute approximate surface area is 210 Å². The van der Waals surface area contributed by atoms with Crippen molar-refractivity contribution in [3.05, 3.63) is 0 Å². The summed E-state index contributed by atoms with van der Waals surface area (Å²) in [5.41, 5.74) is 0. The van der Waals surface area contributed by atoms with E-state index in [-0.39, 0.29) is 218 Å². The SMILES string of the molecule is [Ce].[La].[Nd].[Pr].[Sc].[Y]. The molecule has 0 aromatic heterocycles. The molecule has 0 aromatic rings. The molecule has 0 aromatic carbocycles. The molecule has 0 heterocycles. The third kappa shape index (κ3) is 22.5. The van der Waals surface area contributed by atoms with Crippen molar-refractivity contribution < 1.29 is 218 Å². The molecule has 0 atom stereocenters. The topological polar surface area (TPSA) is 0 Å². The van der Waals surface area contributed by atoms with E-state index < -0.39 is 0 Å². The molecule has 0 aliphatic carbocycles. The predicted octanol–water partition coefficient (Wildman–Crippen LogP) is -0.00500. The maximum absolute atomic E-state index is 0. The molecule has 0 nitrogen and oxygen atoms in total. The normalized spacial score (nSPS) is 0. The van der Waals surface area contributed by atoms with Crippen molar-refractivity contribution >= 4 is 0 Å². The molecule has 0 rings (SSSR count). The first-order chi connectivity index (χ1) is 0. The Hall–Kier alpha value is 7.26. The van der Waals surface area contributed by atoms with Gasteiger partial charge in [-0.25, -0.2) is 0 Å². The molecule has 0 spiro atoms. The van der Waals surface area contributed by atoms with Crippen LogP contribution in [0.15, 0.2) is 0 Å². The summed E-state index contributed by atoms with van der Waals surface area (Å²) in [7, 11) is 0. The fourth-order valence-electron chi connectivity index (χ4n) is 0. The first-order valence-corrected chi connectivity index (χ1v) is 0. The van der Waals surface area contributed by atoms with Gasteiger partial charge in [-0.15, -0.1) is 0 Å². The summed E-state index contributed by atoms with van der Waals surface area (Å²) < 4.78 is 0. The maximum atomic E-state index is 0. The van der Waals surface area contributed by atoms with E-state index in [4.69, 9.17) is 0 Å². The van der Waals surface area contributed by atoms with Crippen molar-refractivity contribution in [2.45, 2.75) is 0 Å². The fourth-order valence-corrected chi connectivity index (χ4v) is 0. The van der Waals surface area contributed by atoms with Crippen molar-refractivity contribution in [1.82, 2.24) is 0 Å². The average molecular weight is 698 g/mol. The molecule has 0 unspecified atom stereocenters. The van der Waals surface area contributed by atoms with Gasteiger partial charge in [0.1, 0.15) is 0 Å². The van der Waals surface area contributed by atoms with Crippen LogP contribution in [0.25, 0.3) is 0 Å². The van der Waals surface area contributed by atoms with Crippen molar-refractivity contribution in [1.29, 1.82) is 0 Å². The molecule has 4 radical (unpaired) electrons.